The van der Waals surface area contributed by atoms with Gasteiger partial charge in [-0.1, -0.05) is 11.6 Å². The fraction of sp³-hybridized carbons (Fsp3) is 0.375. The molecule has 0 radical (unpaired) electrons. The van der Waals surface area contributed by atoms with Crippen LogP contribution in [0.1, 0.15) is 17.8 Å². The summed E-state index contributed by atoms with van der Waals surface area (Å²) in [5.74, 6) is 0.818. The average molecular weight is 353 g/mol. The molecule has 0 fully saturated rings. The Hall–Kier alpha value is -1.79. The molecule has 0 saturated heterocycles. The normalized spacial score (nSPS) is 10.4. The number of aromatic nitrogens is 2. The van der Waals surface area contributed by atoms with Crippen LogP contribution in [0.5, 0.6) is 5.75 Å². The van der Waals surface area contributed by atoms with Crippen molar-refractivity contribution < 1.29 is 4.74 Å². The third kappa shape index (κ3) is 4.84. The first-order valence-electron chi connectivity index (χ1n) is 7.39. The van der Waals surface area contributed by atoms with Crippen LogP contribution < -0.4 is 15.4 Å². The first-order valence-corrected chi connectivity index (χ1v) is 8.18. The number of nitrogens with zero attached hydrogens (tertiary/aromatic N) is 2. The van der Waals surface area contributed by atoms with E-state index in [2.05, 4.69) is 15.7 Å². The van der Waals surface area contributed by atoms with Gasteiger partial charge in [0.15, 0.2) is 5.11 Å². The number of halogens is 1. The maximum absolute atomic E-state index is 6.13. The SMILES string of the molecule is COc1ccc(NC(=S)NCCCn2nc(C)c(Cl)c2C)cc1. The number of hydrogen-bond acceptors (Lipinski definition) is 3. The van der Waals surface area contributed by atoms with Crippen molar-refractivity contribution in [3.05, 3.63) is 40.7 Å². The number of hydrogen-bond donors (Lipinski definition) is 2. The highest BCUT2D eigenvalue weighted by molar-refractivity contribution is 7.80. The number of thiocarbonyl (C=S) groups is 1. The molecule has 5 nitrogen and oxygen atoms in total. The second-order valence-electron chi connectivity index (χ2n) is 5.17. The Balaban J connectivity index is 1.73. The molecule has 0 spiro atoms. The Labute approximate surface area is 147 Å². The Kier molecular flexibility index (Phi) is 6.24. The summed E-state index contributed by atoms with van der Waals surface area (Å²) in [5, 5.41) is 12.1. The lowest BCUT2D eigenvalue weighted by atomic mass is 10.3. The second kappa shape index (κ2) is 8.17. The largest absolute Gasteiger partial charge is 0.497 e. The van der Waals surface area contributed by atoms with E-state index in [1.165, 1.54) is 0 Å². The summed E-state index contributed by atoms with van der Waals surface area (Å²) in [6, 6.07) is 7.62. The molecule has 1 heterocycles. The van der Waals surface area contributed by atoms with Crippen LogP contribution in [0.4, 0.5) is 5.69 Å². The molecule has 2 rings (SSSR count). The Bertz CT molecular complexity index is 669. The van der Waals surface area contributed by atoms with E-state index in [-0.39, 0.29) is 0 Å². The third-order valence-corrected chi connectivity index (χ3v) is 4.27. The minimum Gasteiger partial charge on any atom is -0.497 e. The highest BCUT2D eigenvalue weighted by atomic mass is 35.5. The molecule has 0 saturated carbocycles. The van der Waals surface area contributed by atoms with Gasteiger partial charge >= 0.3 is 0 Å². The number of anilines is 1. The molecule has 0 aliphatic carbocycles. The number of benzene rings is 1. The summed E-state index contributed by atoms with van der Waals surface area (Å²) in [5.41, 5.74) is 2.80. The molecule has 0 amide bonds. The van der Waals surface area contributed by atoms with E-state index in [1.807, 2.05) is 42.8 Å². The monoisotopic (exact) mass is 352 g/mol. The zero-order valence-electron chi connectivity index (χ0n) is 13.5. The minimum absolute atomic E-state index is 0.599. The van der Waals surface area contributed by atoms with Crippen LogP contribution in [-0.4, -0.2) is 28.5 Å². The molecule has 1 aromatic heterocycles. The van der Waals surface area contributed by atoms with Gasteiger partial charge in [0.2, 0.25) is 0 Å². The van der Waals surface area contributed by atoms with Crippen molar-refractivity contribution in [2.24, 2.45) is 0 Å². The summed E-state index contributed by atoms with van der Waals surface area (Å²) < 4.78 is 7.05. The first kappa shape index (κ1) is 17.6. The van der Waals surface area contributed by atoms with Crippen LogP contribution in [0, 0.1) is 13.8 Å². The zero-order chi connectivity index (χ0) is 16.8. The van der Waals surface area contributed by atoms with Gasteiger partial charge in [-0.05, 0) is 56.8 Å². The minimum atomic E-state index is 0.599. The van der Waals surface area contributed by atoms with E-state index in [0.29, 0.717) is 5.11 Å². The van der Waals surface area contributed by atoms with Gasteiger partial charge in [0.1, 0.15) is 5.75 Å². The topological polar surface area (TPSA) is 51.1 Å². The van der Waals surface area contributed by atoms with Crippen molar-refractivity contribution in [3.8, 4) is 5.75 Å². The van der Waals surface area contributed by atoms with E-state index in [0.717, 1.165) is 47.4 Å². The summed E-state index contributed by atoms with van der Waals surface area (Å²) in [6.07, 6.45) is 0.905. The predicted octanol–water partition coefficient (Wildman–Crippen LogP) is 3.54. The molecular formula is C16H21ClN4OS. The molecule has 0 aliphatic heterocycles. The van der Waals surface area contributed by atoms with Crippen LogP contribution in [-0.2, 0) is 6.54 Å². The smallest absolute Gasteiger partial charge is 0.170 e. The van der Waals surface area contributed by atoms with Crippen LogP contribution in [0.2, 0.25) is 5.02 Å². The highest BCUT2D eigenvalue weighted by Crippen LogP contribution is 2.19. The fourth-order valence-corrected chi connectivity index (χ4v) is 2.53. The van der Waals surface area contributed by atoms with E-state index < -0.39 is 0 Å². The van der Waals surface area contributed by atoms with Gasteiger partial charge in [-0.15, -0.1) is 0 Å². The molecule has 0 aliphatic rings. The van der Waals surface area contributed by atoms with Crippen molar-refractivity contribution in [2.45, 2.75) is 26.8 Å². The Morgan fingerprint density at radius 3 is 2.57 bits per heavy atom. The number of methoxy groups -OCH3 is 1. The maximum Gasteiger partial charge on any atom is 0.170 e. The third-order valence-electron chi connectivity index (χ3n) is 3.47. The van der Waals surface area contributed by atoms with Gasteiger partial charge in [-0.25, -0.2) is 0 Å². The second-order valence-corrected chi connectivity index (χ2v) is 5.96. The summed E-state index contributed by atoms with van der Waals surface area (Å²) in [7, 11) is 1.64. The van der Waals surface area contributed by atoms with Gasteiger partial charge in [-0.2, -0.15) is 5.10 Å². The maximum atomic E-state index is 6.13. The standard InChI is InChI=1S/C16H21ClN4OS/c1-11-15(17)12(2)21(20-11)10-4-9-18-16(23)19-13-5-7-14(22-3)8-6-13/h5-8H,4,9-10H2,1-3H3,(H2,18,19,23). The van der Waals surface area contributed by atoms with Crippen molar-refractivity contribution in [2.75, 3.05) is 19.0 Å². The lowest BCUT2D eigenvalue weighted by Crippen LogP contribution is -2.29. The summed E-state index contributed by atoms with van der Waals surface area (Å²) in [6.45, 7) is 5.46. The summed E-state index contributed by atoms with van der Waals surface area (Å²) >= 11 is 11.4. The van der Waals surface area contributed by atoms with Gasteiger partial charge in [0.05, 0.1) is 23.5 Å². The molecule has 0 atom stereocenters. The van der Waals surface area contributed by atoms with Crippen molar-refractivity contribution in [1.29, 1.82) is 0 Å². The molecular weight excluding hydrogens is 332 g/mol. The molecule has 7 heteroatoms. The zero-order valence-corrected chi connectivity index (χ0v) is 15.1. The number of aryl methyl sites for hydroxylation is 2. The molecule has 0 bridgehead atoms. The fourth-order valence-electron chi connectivity index (χ4n) is 2.17. The van der Waals surface area contributed by atoms with E-state index in [1.54, 1.807) is 7.11 Å². The highest BCUT2D eigenvalue weighted by Gasteiger charge is 2.08. The van der Waals surface area contributed by atoms with Gasteiger partial charge in [0.25, 0.3) is 0 Å². The molecule has 2 N–H and O–H groups in total. The van der Waals surface area contributed by atoms with E-state index in [9.17, 15) is 0 Å². The summed E-state index contributed by atoms with van der Waals surface area (Å²) in [4.78, 5) is 0. The van der Waals surface area contributed by atoms with E-state index in [4.69, 9.17) is 28.6 Å². The van der Waals surface area contributed by atoms with Crippen molar-refractivity contribution in [1.82, 2.24) is 15.1 Å². The molecule has 2 aromatic rings. The van der Waals surface area contributed by atoms with Gasteiger partial charge in [0, 0.05) is 18.8 Å². The van der Waals surface area contributed by atoms with Crippen LogP contribution >= 0.6 is 23.8 Å². The molecule has 0 unspecified atom stereocenters. The van der Waals surface area contributed by atoms with Crippen molar-refractivity contribution in [3.63, 3.8) is 0 Å². The van der Waals surface area contributed by atoms with Crippen LogP contribution in [0.15, 0.2) is 24.3 Å². The lowest BCUT2D eigenvalue weighted by Gasteiger charge is -2.11. The quantitative estimate of drug-likeness (QED) is 0.615. The Morgan fingerprint density at radius 1 is 1.30 bits per heavy atom. The van der Waals surface area contributed by atoms with Gasteiger partial charge < -0.3 is 15.4 Å². The molecule has 1 aromatic carbocycles. The van der Waals surface area contributed by atoms with Gasteiger partial charge in [-0.3, -0.25) is 4.68 Å². The first-order chi connectivity index (χ1) is 11.0. The molecule has 23 heavy (non-hydrogen) atoms. The van der Waals surface area contributed by atoms with Crippen LogP contribution in [0.3, 0.4) is 0 Å². The lowest BCUT2D eigenvalue weighted by molar-refractivity contribution is 0.415. The Morgan fingerprint density at radius 2 is 2.00 bits per heavy atom. The molecule has 124 valence electrons. The number of ether oxygens (including phenoxy) is 1. The van der Waals surface area contributed by atoms with Crippen molar-refractivity contribution >= 4 is 34.6 Å². The number of nitrogens with one attached hydrogen (secondary N) is 2. The average Bonchev–Trinajstić information content (AvgIpc) is 2.79. The number of rotatable bonds is 6. The van der Waals surface area contributed by atoms with Crippen LogP contribution in [0.25, 0.3) is 0 Å². The van der Waals surface area contributed by atoms with E-state index >= 15 is 0 Å². The predicted molar refractivity (Wildman–Crippen MR) is 98.5 cm³/mol.